The average molecular weight is 547 g/mol. The van der Waals surface area contributed by atoms with Gasteiger partial charge < -0.3 is 15.4 Å². The fourth-order valence-corrected chi connectivity index (χ4v) is 3.58. The zero-order chi connectivity index (χ0) is 20.4. The van der Waals surface area contributed by atoms with Crippen LogP contribution in [0.2, 0.25) is 0 Å². The Balaban J connectivity index is 0.00000729. The van der Waals surface area contributed by atoms with Crippen LogP contribution in [0.3, 0.4) is 0 Å². The third-order valence-electron chi connectivity index (χ3n) is 3.31. The molecule has 0 aliphatic rings. The highest BCUT2D eigenvalue weighted by molar-refractivity contribution is 14.0. The summed E-state index contributed by atoms with van der Waals surface area (Å²) in [5, 5.41) is 7.15. The third kappa shape index (κ3) is 9.98. The first-order chi connectivity index (χ1) is 12.7. The summed E-state index contributed by atoms with van der Waals surface area (Å²) in [7, 11) is -3.18. The number of guanidine groups is 1. The molecule has 0 aliphatic carbocycles. The van der Waals surface area contributed by atoms with Crippen molar-refractivity contribution in [2.45, 2.75) is 40.2 Å². The molecule has 0 amide bonds. The van der Waals surface area contributed by atoms with Gasteiger partial charge in [0, 0.05) is 19.6 Å². The van der Waals surface area contributed by atoms with Crippen molar-refractivity contribution >= 4 is 57.3 Å². The van der Waals surface area contributed by atoms with Gasteiger partial charge in [-0.15, -0.1) is 35.3 Å². The highest BCUT2D eigenvalue weighted by Gasteiger charge is 2.20. The summed E-state index contributed by atoms with van der Waals surface area (Å²) in [5.74, 6) is 0.250. The van der Waals surface area contributed by atoms with Gasteiger partial charge in [0.05, 0.1) is 24.6 Å². The summed E-state index contributed by atoms with van der Waals surface area (Å²) < 4.78 is 29.6. The molecule has 1 atom stereocenters. The first-order valence-electron chi connectivity index (χ1n) is 8.81. The fraction of sp³-hybridized carbons (Fsp3) is 0.688. The standard InChI is InChI=1S/C16H29N5O4S2.HI/c1-6-17-16(18-9-8-10-19-27(5,23)24)21-12(4)14-20-11(3)13(26-14)15(22)25-7-2;/h12,19H,6-10H2,1-5H3,(H2,17,18,21);1H. The van der Waals surface area contributed by atoms with Gasteiger partial charge in [-0.2, -0.15) is 0 Å². The molecule has 12 heteroatoms. The molecule has 1 heterocycles. The van der Waals surface area contributed by atoms with Crippen molar-refractivity contribution in [3.63, 3.8) is 0 Å². The second-order valence-corrected chi connectivity index (χ2v) is 8.70. The number of halogens is 1. The molecule has 1 aromatic heterocycles. The molecular formula is C16H30IN5O4S2. The van der Waals surface area contributed by atoms with Crippen LogP contribution < -0.4 is 15.4 Å². The number of ether oxygens (including phenoxy) is 1. The average Bonchev–Trinajstić information content (AvgIpc) is 2.96. The van der Waals surface area contributed by atoms with Crippen LogP contribution >= 0.6 is 35.3 Å². The maximum absolute atomic E-state index is 11.9. The van der Waals surface area contributed by atoms with Crippen LogP contribution in [0.4, 0.5) is 0 Å². The quantitative estimate of drug-likeness (QED) is 0.134. The zero-order valence-corrected chi connectivity index (χ0v) is 20.8. The van der Waals surface area contributed by atoms with Crippen molar-refractivity contribution in [1.82, 2.24) is 20.3 Å². The largest absolute Gasteiger partial charge is 0.462 e. The van der Waals surface area contributed by atoms with E-state index in [0.29, 0.717) is 49.2 Å². The Morgan fingerprint density at radius 1 is 1.36 bits per heavy atom. The number of hydrogen-bond acceptors (Lipinski definition) is 7. The minimum Gasteiger partial charge on any atom is -0.462 e. The van der Waals surface area contributed by atoms with Gasteiger partial charge in [0.25, 0.3) is 0 Å². The Morgan fingerprint density at radius 3 is 2.61 bits per heavy atom. The molecular weight excluding hydrogens is 517 g/mol. The van der Waals surface area contributed by atoms with E-state index in [1.807, 2.05) is 13.8 Å². The van der Waals surface area contributed by atoms with Gasteiger partial charge in [0.2, 0.25) is 10.0 Å². The molecule has 9 nitrogen and oxygen atoms in total. The van der Waals surface area contributed by atoms with E-state index >= 15 is 0 Å². The predicted molar refractivity (Wildman–Crippen MR) is 123 cm³/mol. The lowest BCUT2D eigenvalue weighted by Gasteiger charge is -2.16. The van der Waals surface area contributed by atoms with E-state index in [1.165, 1.54) is 11.3 Å². The molecule has 0 radical (unpaired) electrons. The molecule has 0 saturated heterocycles. The van der Waals surface area contributed by atoms with E-state index < -0.39 is 10.0 Å². The van der Waals surface area contributed by atoms with Crippen molar-refractivity contribution < 1.29 is 17.9 Å². The number of sulfonamides is 1. The number of aromatic nitrogens is 1. The Kier molecular flexibility index (Phi) is 12.8. The van der Waals surface area contributed by atoms with Gasteiger partial charge in [0.15, 0.2) is 5.96 Å². The molecule has 3 N–H and O–H groups in total. The van der Waals surface area contributed by atoms with Gasteiger partial charge in [-0.05, 0) is 34.1 Å². The van der Waals surface area contributed by atoms with E-state index in [-0.39, 0.29) is 36.0 Å². The summed E-state index contributed by atoms with van der Waals surface area (Å²) in [6.07, 6.45) is 1.71. The molecule has 28 heavy (non-hydrogen) atoms. The number of nitrogens with one attached hydrogen (secondary N) is 3. The van der Waals surface area contributed by atoms with Gasteiger partial charge in [-0.25, -0.2) is 22.9 Å². The number of carbonyl (C=O) groups excluding carboxylic acids is 1. The van der Waals surface area contributed by atoms with E-state index in [0.717, 1.165) is 11.3 Å². The first-order valence-corrected chi connectivity index (χ1v) is 11.5. The number of esters is 1. The summed E-state index contributed by atoms with van der Waals surface area (Å²) in [4.78, 5) is 21.3. The minimum atomic E-state index is -3.18. The van der Waals surface area contributed by atoms with Crippen molar-refractivity contribution in [3.8, 4) is 0 Å². The minimum absolute atomic E-state index is 0. The fourth-order valence-electron chi connectivity index (χ4n) is 2.10. The lowest BCUT2D eigenvalue weighted by molar-refractivity contribution is 0.0531. The van der Waals surface area contributed by atoms with Crippen molar-refractivity contribution in [2.24, 2.45) is 4.99 Å². The number of carbonyl (C=O) groups is 1. The number of thiazole rings is 1. The number of aliphatic imine (C=N–C) groups is 1. The molecule has 1 aromatic rings. The highest BCUT2D eigenvalue weighted by atomic mass is 127. The summed E-state index contributed by atoms with van der Waals surface area (Å²) in [5.41, 5.74) is 0.649. The van der Waals surface area contributed by atoms with E-state index in [9.17, 15) is 13.2 Å². The Labute approximate surface area is 188 Å². The van der Waals surface area contributed by atoms with Crippen LogP contribution in [0.15, 0.2) is 4.99 Å². The Hall–Kier alpha value is -0.990. The SMILES string of the molecule is CCNC(=NCCCNS(C)(=O)=O)NC(C)c1nc(C)c(C(=O)OCC)s1.I. The third-order valence-corrected chi connectivity index (χ3v) is 5.36. The van der Waals surface area contributed by atoms with Crippen LogP contribution in [-0.2, 0) is 14.8 Å². The predicted octanol–water partition coefficient (Wildman–Crippen LogP) is 1.80. The molecule has 0 aromatic carbocycles. The summed E-state index contributed by atoms with van der Waals surface area (Å²) in [6, 6.07) is -0.149. The second-order valence-electron chi connectivity index (χ2n) is 5.83. The normalized spacial score (nSPS) is 12.8. The maximum atomic E-state index is 11.9. The zero-order valence-electron chi connectivity index (χ0n) is 16.9. The number of nitrogens with zero attached hydrogens (tertiary/aromatic N) is 2. The van der Waals surface area contributed by atoms with Gasteiger partial charge in [0.1, 0.15) is 9.88 Å². The van der Waals surface area contributed by atoms with Crippen molar-refractivity contribution in [1.29, 1.82) is 0 Å². The molecule has 162 valence electrons. The number of aryl methyl sites for hydroxylation is 1. The lowest BCUT2D eigenvalue weighted by atomic mass is 10.3. The monoisotopic (exact) mass is 547 g/mol. The number of hydrogen-bond donors (Lipinski definition) is 3. The van der Waals surface area contributed by atoms with Gasteiger partial charge in [-0.1, -0.05) is 0 Å². The van der Waals surface area contributed by atoms with Crippen molar-refractivity contribution in [2.75, 3.05) is 32.5 Å². The second kappa shape index (κ2) is 13.3. The molecule has 0 bridgehead atoms. The van der Waals surface area contributed by atoms with Crippen molar-refractivity contribution in [3.05, 3.63) is 15.6 Å². The van der Waals surface area contributed by atoms with Crippen LogP contribution in [0.1, 0.15) is 53.6 Å². The molecule has 0 fully saturated rings. The van der Waals surface area contributed by atoms with Crippen LogP contribution in [0.25, 0.3) is 0 Å². The molecule has 0 spiro atoms. The number of rotatable bonds is 10. The van der Waals surface area contributed by atoms with E-state index in [4.69, 9.17) is 4.74 Å². The van der Waals surface area contributed by atoms with Crippen LogP contribution in [0, 0.1) is 6.92 Å². The smallest absolute Gasteiger partial charge is 0.350 e. The summed E-state index contributed by atoms with van der Waals surface area (Å²) in [6.45, 7) is 9.26. The van der Waals surface area contributed by atoms with E-state index in [2.05, 4.69) is 25.3 Å². The Bertz CT molecular complexity index is 752. The molecule has 1 unspecified atom stereocenters. The molecule has 0 aliphatic heterocycles. The van der Waals surface area contributed by atoms with Crippen LogP contribution in [0.5, 0.6) is 0 Å². The summed E-state index contributed by atoms with van der Waals surface area (Å²) >= 11 is 1.30. The highest BCUT2D eigenvalue weighted by Crippen LogP contribution is 2.24. The van der Waals surface area contributed by atoms with Gasteiger partial charge in [-0.3, -0.25) is 4.99 Å². The van der Waals surface area contributed by atoms with E-state index in [1.54, 1.807) is 13.8 Å². The topological polar surface area (TPSA) is 122 Å². The Morgan fingerprint density at radius 2 is 2.04 bits per heavy atom. The molecule has 0 saturated carbocycles. The first kappa shape index (κ1) is 27.0. The van der Waals surface area contributed by atoms with Crippen LogP contribution in [-0.4, -0.2) is 57.8 Å². The van der Waals surface area contributed by atoms with Gasteiger partial charge >= 0.3 is 5.97 Å². The lowest BCUT2D eigenvalue weighted by Crippen LogP contribution is -2.39. The molecule has 1 rings (SSSR count). The maximum Gasteiger partial charge on any atom is 0.350 e.